The van der Waals surface area contributed by atoms with Crippen molar-refractivity contribution in [2.45, 2.75) is 25.9 Å². The first-order chi connectivity index (χ1) is 17.8. The van der Waals surface area contributed by atoms with Gasteiger partial charge in [0.25, 0.3) is 0 Å². The second kappa shape index (κ2) is 9.87. The third kappa shape index (κ3) is 4.81. The summed E-state index contributed by atoms with van der Waals surface area (Å²) in [6.07, 6.45) is 1.74. The average molecular weight is 513 g/mol. The zero-order valence-electron chi connectivity index (χ0n) is 20.1. The van der Waals surface area contributed by atoms with Gasteiger partial charge >= 0.3 is 5.97 Å². The first-order valence-corrected chi connectivity index (χ1v) is 12.0. The molecule has 0 aliphatic carbocycles. The number of benzene rings is 2. The summed E-state index contributed by atoms with van der Waals surface area (Å²) in [5.41, 5.74) is 4.16. The molecule has 1 amide bonds. The number of carboxylic acids is 1. The number of aromatic carboxylic acids is 1. The zero-order valence-corrected chi connectivity index (χ0v) is 21.0. The number of aryl methyl sites for hydroxylation is 1. The van der Waals surface area contributed by atoms with Crippen molar-refractivity contribution in [2.75, 3.05) is 10.2 Å². The van der Waals surface area contributed by atoms with Gasteiger partial charge in [-0.05, 0) is 85.4 Å². The summed E-state index contributed by atoms with van der Waals surface area (Å²) >= 11 is 5.76. The van der Waals surface area contributed by atoms with Gasteiger partial charge in [-0.2, -0.15) is 0 Å². The molecule has 2 aromatic carbocycles. The number of nitrogens with zero attached hydrogens (tertiary/aromatic N) is 2. The SMILES string of the molecule is CC(=O)Nc1ccc(N2C(=S)NC(c3ccccn3)C2c2ccc(-c3ccc(C(=O)O)cc3C)o2)cc1. The number of nitrogens with one attached hydrogen (secondary N) is 2. The van der Waals surface area contributed by atoms with Crippen LogP contribution in [-0.2, 0) is 4.79 Å². The maximum Gasteiger partial charge on any atom is 0.335 e. The van der Waals surface area contributed by atoms with Crippen LogP contribution < -0.4 is 15.5 Å². The lowest BCUT2D eigenvalue weighted by molar-refractivity contribution is -0.114. The fraction of sp³-hybridized carbons (Fsp3) is 0.143. The van der Waals surface area contributed by atoms with Crippen molar-refractivity contribution in [2.24, 2.45) is 0 Å². The lowest BCUT2D eigenvalue weighted by Gasteiger charge is -2.26. The van der Waals surface area contributed by atoms with Gasteiger partial charge in [-0.3, -0.25) is 9.78 Å². The minimum Gasteiger partial charge on any atom is -0.478 e. The van der Waals surface area contributed by atoms with Crippen LogP contribution in [0, 0.1) is 6.92 Å². The Labute approximate surface area is 219 Å². The van der Waals surface area contributed by atoms with E-state index in [-0.39, 0.29) is 23.6 Å². The molecule has 1 saturated heterocycles. The Morgan fingerprint density at radius 1 is 1.08 bits per heavy atom. The van der Waals surface area contributed by atoms with E-state index in [1.54, 1.807) is 24.4 Å². The van der Waals surface area contributed by atoms with E-state index in [0.29, 0.717) is 22.3 Å². The molecule has 2 atom stereocenters. The van der Waals surface area contributed by atoms with E-state index in [1.807, 2.05) is 66.4 Å². The second-order valence-corrected chi connectivity index (χ2v) is 9.15. The fourth-order valence-corrected chi connectivity index (χ4v) is 4.91. The van der Waals surface area contributed by atoms with E-state index in [2.05, 4.69) is 15.6 Å². The number of amides is 1. The number of hydrogen-bond donors (Lipinski definition) is 3. The zero-order chi connectivity index (χ0) is 26.1. The third-order valence-corrected chi connectivity index (χ3v) is 6.54. The number of carbonyl (C=O) groups is 2. The van der Waals surface area contributed by atoms with Gasteiger partial charge < -0.3 is 25.1 Å². The molecule has 4 aromatic rings. The first kappa shape index (κ1) is 24.2. The monoisotopic (exact) mass is 512 g/mol. The summed E-state index contributed by atoms with van der Waals surface area (Å²) in [4.78, 5) is 29.3. The standard InChI is InChI=1S/C28H24N4O4S/c1-16-15-18(27(34)35)6-11-21(16)23-12-13-24(36-23)26-25(22-5-3-4-14-29-22)31-28(37)32(26)20-9-7-19(8-10-20)30-17(2)33/h3-15,25-26H,1-2H3,(H,30,33)(H,31,37)(H,34,35). The maximum atomic E-state index is 11.4. The van der Waals surface area contributed by atoms with E-state index < -0.39 is 5.97 Å². The van der Waals surface area contributed by atoms with E-state index in [9.17, 15) is 14.7 Å². The largest absolute Gasteiger partial charge is 0.478 e. The topological polar surface area (TPSA) is 108 Å². The van der Waals surface area contributed by atoms with Gasteiger partial charge in [-0.25, -0.2) is 4.79 Å². The van der Waals surface area contributed by atoms with Crippen molar-refractivity contribution in [3.63, 3.8) is 0 Å². The summed E-state index contributed by atoms with van der Waals surface area (Å²) in [5, 5.41) is 16.0. The lowest BCUT2D eigenvalue weighted by Crippen LogP contribution is -2.29. The predicted molar refractivity (Wildman–Crippen MR) is 145 cm³/mol. The molecule has 37 heavy (non-hydrogen) atoms. The number of carboxylic acid groups (broad SMARTS) is 1. The Hall–Kier alpha value is -4.50. The second-order valence-electron chi connectivity index (χ2n) is 8.76. The van der Waals surface area contributed by atoms with Crippen LogP contribution >= 0.6 is 12.2 Å². The Bertz CT molecular complexity index is 1480. The number of hydrogen-bond acceptors (Lipinski definition) is 5. The molecule has 0 saturated carbocycles. The van der Waals surface area contributed by atoms with Gasteiger partial charge in [-0.15, -0.1) is 0 Å². The van der Waals surface area contributed by atoms with Crippen molar-refractivity contribution in [1.29, 1.82) is 0 Å². The highest BCUT2D eigenvalue weighted by atomic mass is 32.1. The van der Waals surface area contributed by atoms with Crippen molar-refractivity contribution in [3.05, 3.63) is 102 Å². The smallest absolute Gasteiger partial charge is 0.335 e. The van der Waals surface area contributed by atoms with E-state index in [4.69, 9.17) is 16.6 Å². The van der Waals surface area contributed by atoms with Gasteiger partial charge in [0.1, 0.15) is 17.6 Å². The van der Waals surface area contributed by atoms with Crippen LogP contribution in [0.1, 0.15) is 46.4 Å². The first-order valence-electron chi connectivity index (χ1n) is 11.6. The summed E-state index contributed by atoms with van der Waals surface area (Å²) < 4.78 is 6.39. The average Bonchev–Trinajstić information content (AvgIpc) is 3.49. The fourth-order valence-electron chi connectivity index (χ4n) is 4.56. The van der Waals surface area contributed by atoms with Crippen LogP contribution in [0.25, 0.3) is 11.3 Å². The van der Waals surface area contributed by atoms with E-state index >= 15 is 0 Å². The van der Waals surface area contributed by atoms with Crippen molar-refractivity contribution >= 4 is 40.6 Å². The van der Waals surface area contributed by atoms with Crippen LogP contribution in [0.5, 0.6) is 0 Å². The predicted octanol–water partition coefficient (Wildman–Crippen LogP) is 5.48. The highest BCUT2D eigenvalue weighted by Crippen LogP contribution is 2.43. The third-order valence-electron chi connectivity index (χ3n) is 6.22. The summed E-state index contributed by atoms with van der Waals surface area (Å²) in [5.74, 6) is 0.182. The summed E-state index contributed by atoms with van der Waals surface area (Å²) in [7, 11) is 0. The van der Waals surface area contributed by atoms with Crippen LogP contribution in [0.3, 0.4) is 0 Å². The Morgan fingerprint density at radius 2 is 1.86 bits per heavy atom. The van der Waals surface area contributed by atoms with Crippen molar-refractivity contribution in [1.82, 2.24) is 10.3 Å². The molecule has 1 aliphatic rings. The number of anilines is 2. The molecule has 186 valence electrons. The molecule has 5 rings (SSSR count). The molecule has 2 aromatic heterocycles. The highest BCUT2D eigenvalue weighted by molar-refractivity contribution is 7.80. The molecule has 9 heteroatoms. The molecular weight excluding hydrogens is 488 g/mol. The molecule has 1 aliphatic heterocycles. The molecule has 0 bridgehead atoms. The highest BCUT2D eigenvalue weighted by Gasteiger charge is 2.42. The van der Waals surface area contributed by atoms with Crippen molar-refractivity contribution in [3.8, 4) is 11.3 Å². The number of pyridine rings is 1. The quantitative estimate of drug-likeness (QED) is 0.291. The van der Waals surface area contributed by atoms with Gasteiger partial charge in [0, 0.05) is 30.1 Å². The number of thiocarbonyl (C=S) groups is 1. The Morgan fingerprint density at radius 3 is 2.51 bits per heavy atom. The normalized spacial score (nSPS) is 16.9. The van der Waals surface area contributed by atoms with Gasteiger partial charge in [0.2, 0.25) is 5.91 Å². The molecule has 1 fully saturated rings. The van der Waals surface area contributed by atoms with Crippen LogP contribution in [0.15, 0.2) is 83.4 Å². The number of furan rings is 1. The molecule has 0 radical (unpaired) electrons. The Balaban J connectivity index is 1.55. The van der Waals surface area contributed by atoms with Gasteiger partial charge in [0.15, 0.2) is 5.11 Å². The molecule has 3 N–H and O–H groups in total. The number of carbonyl (C=O) groups excluding carboxylic acids is 1. The van der Waals surface area contributed by atoms with Crippen LogP contribution in [-0.4, -0.2) is 27.1 Å². The molecule has 8 nitrogen and oxygen atoms in total. The minimum absolute atomic E-state index is 0.144. The number of aromatic nitrogens is 1. The van der Waals surface area contributed by atoms with E-state index in [1.165, 1.54) is 6.92 Å². The molecule has 0 spiro atoms. The number of rotatable bonds is 6. The van der Waals surface area contributed by atoms with Crippen LogP contribution in [0.4, 0.5) is 11.4 Å². The van der Waals surface area contributed by atoms with Crippen molar-refractivity contribution < 1.29 is 19.1 Å². The summed E-state index contributed by atoms with van der Waals surface area (Å²) in [6, 6.07) is 21.3. The molecule has 3 heterocycles. The maximum absolute atomic E-state index is 11.4. The molecular formula is C28H24N4O4S. The minimum atomic E-state index is -0.973. The molecule has 2 unspecified atom stereocenters. The Kier molecular flexibility index (Phi) is 6.45. The van der Waals surface area contributed by atoms with Gasteiger partial charge in [0.05, 0.1) is 17.3 Å². The van der Waals surface area contributed by atoms with Crippen LogP contribution in [0.2, 0.25) is 0 Å². The van der Waals surface area contributed by atoms with E-state index in [0.717, 1.165) is 22.5 Å². The lowest BCUT2D eigenvalue weighted by atomic mass is 10.0. The van der Waals surface area contributed by atoms with Gasteiger partial charge in [-0.1, -0.05) is 12.1 Å². The summed E-state index contributed by atoms with van der Waals surface area (Å²) in [6.45, 7) is 3.32.